The molecule has 6 amide bonds. The lowest BCUT2D eigenvalue weighted by Crippen LogP contribution is -2.66. The van der Waals surface area contributed by atoms with E-state index in [4.69, 9.17) is 59.8 Å². The van der Waals surface area contributed by atoms with Crippen LogP contribution in [0.2, 0.25) is 0 Å². The average Bonchev–Trinajstić information content (AvgIpc) is 0.801. The maximum Gasteiger partial charge on any atom is 0.227 e. The Morgan fingerprint density at radius 2 is 0.556 bits per heavy atom. The average molecular weight is 1560 g/mol. The van der Waals surface area contributed by atoms with Crippen molar-refractivity contribution in [2.45, 2.75) is 379 Å². The first-order valence-corrected chi connectivity index (χ1v) is 37.2. The minimum atomic E-state index is -1.57. The highest BCUT2D eigenvalue weighted by Crippen LogP contribution is 2.40. The van der Waals surface area contributed by atoms with Gasteiger partial charge in [0.1, 0.15) is 73.1 Å². The van der Waals surface area contributed by atoms with Crippen molar-refractivity contribution in [2.24, 2.45) is 33.4 Å². The Kier molecular flexibility index (Phi) is 33.3. The van der Waals surface area contributed by atoms with E-state index < -0.39 is 225 Å². The smallest absolute Gasteiger partial charge is 0.227 e. The summed E-state index contributed by atoms with van der Waals surface area (Å²) in [5.41, 5.74) is 3.69. The van der Waals surface area contributed by atoms with E-state index in [0.717, 1.165) is 0 Å². The van der Waals surface area contributed by atoms with Crippen LogP contribution in [0.4, 0.5) is 0 Å². The lowest BCUT2D eigenvalue weighted by atomic mass is 9.79. The highest BCUT2D eigenvalue weighted by molar-refractivity contribution is 5.83. The van der Waals surface area contributed by atoms with Gasteiger partial charge in [-0.25, -0.2) is 0 Å². The third-order valence-corrected chi connectivity index (χ3v) is 18.9. The number of nitrogens with one attached hydrogen (secondary N) is 7. The van der Waals surface area contributed by atoms with Crippen LogP contribution in [0.25, 0.3) is 0 Å². The SMILES string of the molecule is CC(=O)NC1C(OC(C)(C)CC(C)(N)NC(=O)C(C)(C)CC(C)(C)OCC(COC(C)(C)CC(C)(C)C(=O)NC(C)(N)CC(C)(C)OC2OC(CO)C(O)C(O)C2NC(C)=O)(COC(C)(C)CC(C)(C)C(=O)NC(C)(N)CC(C)(C)OC2OC(CO)C(O)C(O)C2NC(C)=O)NC(C)(C)C)OC(CO)C(O)C1O. The van der Waals surface area contributed by atoms with Crippen molar-refractivity contribution in [3.8, 4) is 0 Å². The van der Waals surface area contributed by atoms with Gasteiger partial charge in [-0.15, -0.1) is 0 Å². The molecule has 0 spiro atoms. The third kappa shape index (κ3) is 30.4. The largest absolute Gasteiger partial charge is 0.394 e. The van der Waals surface area contributed by atoms with Crippen LogP contribution in [-0.4, -0.2) is 275 Å². The normalized spacial score (nSPS) is 28.4. The van der Waals surface area contributed by atoms with Gasteiger partial charge in [-0.05, 0) is 144 Å². The van der Waals surface area contributed by atoms with Crippen LogP contribution in [0.3, 0.4) is 0 Å². The Hall–Kier alpha value is -4.06. The predicted octanol–water partition coefficient (Wildman–Crippen LogP) is -0.492. The zero-order valence-electron chi connectivity index (χ0n) is 69.5. The van der Waals surface area contributed by atoms with Crippen molar-refractivity contribution < 1.29 is 117 Å². The van der Waals surface area contributed by atoms with Crippen molar-refractivity contribution in [3.05, 3.63) is 0 Å². The van der Waals surface area contributed by atoms with Crippen LogP contribution >= 0.6 is 0 Å². The van der Waals surface area contributed by atoms with E-state index in [-0.39, 0.29) is 58.3 Å². The standard InChI is InChI=1S/C74H142N10O24/c1-40(88)78-46-52(94)49(91)43(28-85)103-55(46)106-68(19,20)34-71(25,75)81-58(97)62(7,8)31-65(13,14)100-37-74(84-61(4,5)6,38-101-66(15,16)32-63(9,10)59(98)82-72(26,76)35-69(21,22)107-56-47(79-41(2)89)53(95)50(92)44(29-86)104-56)39-102-67(17,18)33-64(11,12)60(99)83-73(27,77)36-70(23,24)108-57-48(80-42(3)90)54(96)51(93)45(30-87)105-57/h43-57,84-87,91-96H,28-39,75-77H2,1-27H3,(H,78,88)(H,79,89)(H,80,90)(H,81,97)(H,82,98)(H,83,99). The first-order valence-electron chi connectivity index (χ1n) is 37.2. The highest BCUT2D eigenvalue weighted by atomic mass is 16.7. The molecule has 3 fully saturated rings. The van der Waals surface area contributed by atoms with Crippen molar-refractivity contribution in [1.29, 1.82) is 0 Å². The van der Waals surface area contributed by atoms with Crippen molar-refractivity contribution in [2.75, 3.05) is 39.6 Å². The lowest BCUT2D eigenvalue weighted by Gasteiger charge is -2.47. The van der Waals surface area contributed by atoms with E-state index in [1.165, 1.54) is 20.8 Å². The fourth-order valence-corrected chi connectivity index (χ4v) is 15.5. The van der Waals surface area contributed by atoms with Gasteiger partial charge in [-0.3, -0.25) is 28.8 Å². The molecule has 632 valence electrons. The molecule has 108 heavy (non-hydrogen) atoms. The van der Waals surface area contributed by atoms with Crippen LogP contribution < -0.4 is 54.4 Å². The fraction of sp³-hybridized carbons (Fsp3) is 0.919. The molecular weight excluding hydrogens is 1410 g/mol. The van der Waals surface area contributed by atoms with E-state index in [1.54, 1.807) is 104 Å². The van der Waals surface area contributed by atoms with Crippen molar-refractivity contribution in [1.82, 2.24) is 37.2 Å². The predicted molar refractivity (Wildman–Crippen MR) is 399 cm³/mol. The van der Waals surface area contributed by atoms with Crippen LogP contribution in [-0.2, 0) is 71.4 Å². The highest BCUT2D eigenvalue weighted by Gasteiger charge is 2.54. The van der Waals surface area contributed by atoms with E-state index in [0.29, 0.717) is 0 Å². The molecule has 0 aliphatic carbocycles. The number of rotatable bonds is 40. The van der Waals surface area contributed by atoms with E-state index >= 15 is 0 Å². The number of aliphatic hydroxyl groups excluding tert-OH is 9. The number of hydrogen-bond acceptors (Lipinski definition) is 28. The summed E-state index contributed by atoms with van der Waals surface area (Å²) >= 11 is 0. The zero-order valence-corrected chi connectivity index (χ0v) is 69.5. The number of carbonyl (C=O) groups is 6. The molecule has 3 aliphatic rings. The van der Waals surface area contributed by atoms with Gasteiger partial charge in [0.2, 0.25) is 35.4 Å². The molecule has 0 aromatic carbocycles. The Balaban J connectivity index is 2.01. The zero-order chi connectivity index (χ0) is 83.9. The Morgan fingerprint density at radius 3 is 0.741 bits per heavy atom. The summed E-state index contributed by atoms with van der Waals surface area (Å²) in [4.78, 5) is 80.5. The Bertz CT molecular complexity index is 2680. The van der Waals surface area contributed by atoms with Gasteiger partial charge in [-0.2, -0.15) is 0 Å². The van der Waals surface area contributed by atoms with E-state index in [2.05, 4.69) is 37.2 Å². The molecule has 0 saturated carbocycles. The molecule has 0 aromatic heterocycles. The summed E-state index contributed by atoms with van der Waals surface area (Å²) in [6, 6.07) is -3.70. The van der Waals surface area contributed by atoms with Gasteiger partial charge in [0, 0.05) is 61.8 Å². The van der Waals surface area contributed by atoms with Crippen LogP contribution in [0.15, 0.2) is 0 Å². The van der Waals surface area contributed by atoms with Gasteiger partial charge in [0.25, 0.3) is 0 Å². The van der Waals surface area contributed by atoms with Gasteiger partial charge in [-0.1, -0.05) is 41.5 Å². The molecule has 18 unspecified atom stereocenters. The number of hydrogen-bond donors (Lipinski definition) is 19. The molecule has 0 radical (unpaired) electrons. The first-order chi connectivity index (χ1) is 48.4. The molecule has 18 atom stereocenters. The maximum atomic E-state index is 14.6. The second kappa shape index (κ2) is 36.6. The summed E-state index contributed by atoms with van der Waals surface area (Å²) in [5.74, 6) is -2.98. The van der Waals surface area contributed by atoms with Gasteiger partial charge < -0.3 is 143 Å². The molecular formula is C74H142N10O24. The van der Waals surface area contributed by atoms with E-state index in [1.807, 2.05) is 62.3 Å². The van der Waals surface area contributed by atoms with Crippen molar-refractivity contribution >= 4 is 35.4 Å². The monoisotopic (exact) mass is 1560 g/mol. The molecule has 34 nitrogen and oxygen atoms in total. The minimum Gasteiger partial charge on any atom is -0.394 e. The second-order valence-corrected chi connectivity index (χ2v) is 38.1. The Labute approximate surface area is 639 Å². The molecule has 3 saturated heterocycles. The minimum absolute atomic E-state index is 0.0450. The van der Waals surface area contributed by atoms with Gasteiger partial charge >= 0.3 is 0 Å². The quantitative estimate of drug-likeness (QED) is 0.0344. The maximum absolute atomic E-state index is 14.6. The van der Waals surface area contributed by atoms with Gasteiger partial charge in [0.15, 0.2) is 18.9 Å². The molecule has 3 aliphatic heterocycles. The van der Waals surface area contributed by atoms with Gasteiger partial charge in [0.05, 0.1) is 95.8 Å². The van der Waals surface area contributed by atoms with Crippen LogP contribution in [0.5, 0.6) is 0 Å². The molecule has 3 heterocycles. The molecule has 3 rings (SSSR count). The number of carbonyl (C=O) groups excluding carboxylic acids is 6. The topological polar surface area (TPSA) is 530 Å². The second-order valence-electron chi connectivity index (χ2n) is 38.1. The lowest BCUT2D eigenvalue weighted by molar-refractivity contribution is -0.297. The summed E-state index contributed by atoms with van der Waals surface area (Å²) in [6.45, 7) is 43.4. The summed E-state index contributed by atoms with van der Waals surface area (Å²) in [5, 5.41) is 115. The molecule has 22 N–H and O–H groups in total. The third-order valence-electron chi connectivity index (χ3n) is 18.9. The summed E-state index contributed by atoms with van der Waals surface area (Å²) < 4.78 is 57.5. The van der Waals surface area contributed by atoms with E-state index in [9.17, 15) is 74.7 Å². The number of nitrogens with two attached hydrogens (primary N) is 3. The summed E-state index contributed by atoms with van der Waals surface area (Å²) in [7, 11) is 0. The Morgan fingerprint density at radius 1 is 0.343 bits per heavy atom. The fourth-order valence-electron chi connectivity index (χ4n) is 15.5. The molecule has 0 bridgehead atoms. The number of amides is 6. The van der Waals surface area contributed by atoms with Crippen LogP contribution in [0.1, 0.15) is 225 Å². The molecule has 34 heteroatoms. The summed E-state index contributed by atoms with van der Waals surface area (Å²) in [6.07, 6.45) is -16.9. The van der Waals surface area contributed by atoms with Crippen molar-refractivity contribution in [3.63, 3.8) is 0 Å². The molecule has 0 aromatic rings. The van der Waals surface area contributed by atoms with Crippen LogP contribution in [0, 0.1) is 16.2 Å². The number of aliphatic hydroxyl groups is 9. The number of ether oxygens (including phenoxy) is 9. The first kappa shape index (κ1) is 98.1.